The van der Waals surface area contributed by atoms with Gasteiger partial charge < -0.3 is 10.8 Å². The van der Waals surface area contributed by atoms with Crippen LogP contribution in [-0.4, -0.2) is 5.11 Å². The lowest BCUT2D eigenvalue weighted by Gasteiger charge is -2.23. The Morgan fingerprint density at radius 3 is 2.92 bits per heavy atom. The van der Waals surface area contributed by atoms with Gasteiger partial charge >= 0.3 is 0 Å². The van der Waals surface area contributed by atoms with E-state index in [9.17, 15) is 5.11 Å². The predicted molar refractivity (Wildman–Crippen MR) is 54.0 cm³/mol. The van der Waals surface area contributed by atoms with Gasteiger partial charge in [0.05, 0.1) is 6.10 Å². The number of nitrogen functional groups attached to an aromatic ring is 1. The van der Waals surface area contributed by atoms with Crippen molar-refractivity contribution in [2.45, 2.75) is 13.0 Å². The van der Waals surface area contributed by atoms with E-state index in [1.807, 2.05) is 37.3 Å². The first-order valence-corrected chi connectivity index (χ1v) is 4.45. The van der Waals surface area contributed by atoms with E-state index in [4.69, 9.17) is 5.73 Å². The van der Waals surface area contributed by atoms with Gasteiger partial charge in [-0.1, -0.05) is 31.2 Å². The van der Waals surface area contributed by atoms with Crippen molar-refractivity contribution in [2.24, 2.45) is 5.92 Å². The zero-order valence-electron chi connectivity index (χ0n) is 7.57. The van der Waals surface area contributed by atoms with Crippen LogP contribution in [0, 0.1) is 5.92 Å². The van der Waals surface area contributed by atoms with Crippen molar-refractivity contribution < 1.29 is 5.11 Å². The molecule has 0 radical (unpaired) electrons. The van der Waals surface area contributed by atoms with Crippen LogP contribution in [0.15, 0.2) is 24.3 Å². The third-order valence-corrected chi connectivity index (χ3v) is 2.56. The number of aliphatic hydroxyl groups is 1. The zero-order chi connectivity index (χ0) is 9.42. The number of anilines is 1. The highest BCUT2D eigenvalue weighted by Gasteiger charge is 2.21. The van der Waals surface area contributed by atoms with E-state index in [2.05, 4.69) is 0 Å². The first-order valence-electron chi connectivity index (χ1n) is 4.45. The first-order chi connectivity index (χ1) is 6.20. The predicted octanol–water partition coefficient (Wildman–Crippen LogP) is 1.97. The molecule has 2 nitrogen and oxygen atoms in total. The molecule has 2 heteroatoms. The molecule has 0 bridgehead atoms. The molecule has 0 spiro atoms. The Kier molecular flexibility index (Phi) is 1.85. The van der Waals surface area contributed by atoms with E-state index in [0.717, 1.165) is 16.8 Å². The van der Waals surface area contributed by atoms with Crippen molar-refractivity contribution in [1.29, 1.82) is 0 Å². The van der Waals surface area contributed by atoms with E-state index < -0.39 is 6.10 Å². The molecule has 0 heterocycles. The Bertz CT molecular complexity index is 357. The van der Waals surface area contributed by atoms with Gasteiger partial charge in [-0.2, -0.15) is 0 Å². The van der Waals surface area contributed by atoms with Crippen LogP contribution in [0.4, 0.5) is 5.69 Å². The molecule has 0 aliphatic heterocycles. The molecule has 1 aliphatic carbocycles. The Morgan fingerprint density at radius 1 is 1.38 bits per heavy atom. The monoisotopic (exact) mass is 175 g/mol. The summed E-state index contributed by atoms with van der Waals surface area (Å²) >= 11 is 0. The van der Waals surface area contributed by atoms with Gasteiger partial charge in [-0.05, 0) is 11.6 Å². The Hall–Kier alpha value is -1.28. The summed E-state index contributed by atoms with van der Waals surface area (Å²) in [7, 11) is 0. The molecule has 13 heavy (non-hydrogen) atoms. The van der Waals surface area contributed by atoms with Gasteiger partial charge in [0.1, 0.15) is 0 Å². The summed E-state index contributed by atoms with van der Waals surface area (Å²) in [6.45, 7) is 1.99. The number of benzene rings is 1. The van der Waals surface area contributed by atoms with Gasteiger partial charge in [-0.3, -0.25) is 0 Å². The lowest BCUT2D eigenvalue weighted by molar-refractivity contribution is 0.138. The third kappa shape index (κ3) is 1.23. The van der Waals surface area contributed by atoms with Crippen molar-refractivity contribution in [3.63, 3.8) is 0 Å². The van der Waals surface area contributed by atoms with E-state index in [-0.39, 0.29) is 5.92 Å². The summed E-state index contributed by atoms with van der Waals surface area (Å²) in [4.78, 5) is 0. The molecule has 2 atom stereocenters. The minimum Gasteiger partial charge on any atom is -0.398 e. The van der Waals surface area contributed by atoms with E-state index >= 15 is 0 Å². The van der Waals surface area contributed by atoms with Gasteiger partial charge in [0.15, 0.2) is 0 Å². The Balaban J connectivity index is 2.58. The molecule has 0 aromatic heterocycles. The van der Waals surface area contributed by atoms with Gasteiger partial charge in [0.25, 0.3) is 0 Å². The molecule has 0 fully saturated rings. The number of fused-ring (bicyclic) bond motifs is 1. The minimum atomic E-state index is -0.413. The van der Waals surface area contributed by atoms with Gasteiger partial charge in [0, 0.05) is 17.2 Å². The first kappa shape index (κ1) is 8.32. The number of nitrogens with two attached hydrogens (primary N) is 1. The van der Waals surface area contributed by atoms with Gasteiger partial charge in [-0.15, -0.1) is 0 Å². The van der Waals surface area contributed by atoms with Crippen molar-refractivity contribution >= 4 is 11.8 Å². The van der Waals surface area contributed by atoms with Crippen molar-refractivity contribution in [3.05, 3.63) is 35.4 Å². The molecule has 0 saturated carbocycles. The standard InChI is InChI=1S/C11H13NO/c1-7-5-6-8-9(11(7)13)3-2-4-10(8)12/h2-7,11,13H,12H2,1H3/t7-,11+/m0/s1. The molecular weight excluding hydrogens is 162 g/mol. The summed E-state index contributed by atoms with van der Waals surface area (Å²) in [5, 5.41) is 9.85. The van der Waals surface area contributed by atoms with Crippen LogP contribution >= 0.6 is 0 Å². The zero-order valence-corrected chi connectivity index (χ0v) is 7.57. The smallest absolute Gasteiger partial charge is 0.0856 e. The Morgan fingerprint density at radius 2 is 2.15 bits per heavy atom. The largest absolute Gasteiger partial charge is 0.398 e. The molecular formula is C11H13NO. The van der Waals surface area contributed by atoms with Crippen molar-refractivity contribution in [3.8, 4) is 0 Å². The summed E-state index contributed by atoms with van der Waals surface area (Å²) in [6, 6.07) is 5.66. The van der Waals surface area contributed by atoms with Crippen LogP contribution < -0.4 is 5.73 Å². The molecule has 1 aliphatic rings. The molecule has 0 saturated heterocycles. The topological polar surface area (TPSA) is 46.2 Å². The number of hydrogen-bond donors (Lipinski definition) is 2. The normalized spacial score (nSPS) is 25.7. The second-order valence-electron chi connectivity index (χ2n) is 3.51. The fourth-order valence-corrected chi connectivity index (χ4v) is 1.69. The number of hydrogen-bond acceptors (Lipinski definition) is 2. The second-order valence-corrected chi connectivity index (χ2v) is 3.51. The van der Waals surface area contributed by atoms with Crippen LogP contribution in [0.3, 0.4) is 0 Å². The van der Waals surface area contributed by atoms with Crippen LogP contribution in [-0.2, 0) is 0 Å². The lowest BCUT2D eigenvalue weighted by atomic mass is 9.87. The molecule has 2 rings (SSSR count). The van der Waals surface area contributed by atoms with E-state index in [0.29, 0.717) is 0 Å². The fourth-order valence-electron chi connectivity index (χ4n) is 1.69. The summed E-state index contributed by atoms with van der Waals surface area (Å²) in [5.74, 6) is 0.175. The summed E-state index contributed by atoms with van der Waals surface area (Å²) < 4.78 is 0. The highest BCUT2D eigenvalue weighted by molar-refractivity contribution is 5.69. The Labute approximate surface area is 77.7 Å². The van der Waals surface area contributed by atoms with E-state index in [1.165, 1.54) is 0 Å². The van der Waals surface area contributed by atoms with Crippen molar-refractivity contribution in [1.82, 2.24) is 0 Å². The van der Waals surface area contributed by atoms with Crippen LogP contribution in [0.2, 0.25) is 0 Å². The highest BCUT2D eigenvalue weighted by atomic mass is 16.3. The molecule has 1 aromatic rings. The highest BCUT2D eigenvalue weighted by Crippen LogP contribution is 2.34. The molecule has 3 N–H and O–H groups in total. The lowest BCUT2D eigenvalue weighted by Crippen LogP contribution is -2.12. The molecule has 68 valence electrons. The average Bonchev–Trinajstić information content (AvgIpc) is 2.12. The average molecular weight is 175 g/mol. The maximum absolute atomic E-state index is 9.85. The summed E-state index contributed by atoms with van der Waals surface area (Å²) in [5.41, 5.74) is 8.43. The van der Waals surface area contributed by atoms with Crippen molar-refractivity contribution in [2.75, 3.05) is 5.73 Å². The SMILES string of the molecule is C[C@H]1C=Cc2c(N)cccc2[C@@H]1O. The quantitative estimate of drug-likeness (QED) is 0.592. The molecule has 1 aromatic carbocycles. The maximum atomic E-state index is 9.85. The van der Waals surface area contributed by atoms with Gasteiger partial charge in [0.2, 0.25) is 0 Å². The number of rotatable bonds is 0. The molecule has 0 unspecified atom stereocenters. The molecule has 0 amide bonds. The van der Waals surface area contributed by atoms with Crippen LogP contribution in [0.1, 0.15) is 24.2 Å². The second kappa shape index (κ2) is 2.89. The van der Waals surface area contributed by atoms with Crippen LogP contribution in [0.25, 0.3) is 6.08 Å². The third-order valence-electron chi connectivity index (χ3n) is 2.56. The minimum absolute atomic E-state index is 0.175. The fraction of sp³-hybridized carbons (Fsp3) is 0.273. The van der Waals surface area contributed by atoms with Crippen LogP contribution in [0.5, 0.6) is 0 Å². The maximum Gasteiger partial charge on any atom is 0.0856 e. The summed E-state index contributed by atoms with van der Waals surface area (Å²) in [6.07, 6.45) is 3.56. The van der Waals surface area contributed by atoms with Gasteiger partial charge in [-0.25, -0.2) is 0 Å². The van der Waals surface area contributed by atoms with E-state index in [1.54, 1.807) is 0 Å². The number of aliphatic hydroxyl groups excluding tert-OH is 1.